The number of hydrogen-bond acceptors (Lipinski definition) is 2. The first-order chi connectivity index (χ1) is 8.16. The Labute approximate surface area is 98.6 Å². The van der Waals surface area contributed by atoms with Crippen molar-refractivity contribution in [1.29, 1.82) is 0 Å². The van der Waals surface area contributed by atoms with E-state index in [1.165, 1.54) is 0 Å². The molecule has 1 saturated carbocycles. The largest absolute Gasteiger partial charge is 0.462 e. The van der Waals surface area contributed by atoms with Crippen molar-refractivity contribution in [2.75, 3.05) is 6.61 Å². The number of carbonyl (C=O) groups excluding carboxylic acids is 1. The average molecular weight is 240 g/mol. The average Bonchev–Trinajstić information content (AvgIpc) is 2.67. The van der Waals surface area contributed by atoms with E-state index < -0.39 is 18.3 Å². The van der Waals surface area contributed by atoms with Gasteiger partial charge in [0, 0.05) is 0 Å². The zero-order valence-electron chi connectivity index (χ0n) is 9.31. The molecule has 0 aliphatic heterocycles. The van der Waals surface area contributed by atoms with Gasteiger partial charge in [0.15, 0.2) is 0 Å². The number of alkyl halides is 2. The van der Waals surface area contributed by atoms with Gasteiger partial charge in [0.25, 0.3) is 0 Å². The van der Waals surface area contributed by atoms with Gasteiger partial charge in [-0.15, -0.1) is 0 Å². The normalized spacial score (nSPS) is 28.0. The maximum absolute atomic E-state index is 12.9. The molecule has 0 radical (unpaired) electrons. The zero-order valence-corrected chi connectivity index (χ0v) is 9.31. The molecule has 2 nitrogen and oxygen atoms in total. The van der Waals surface area contributed by atoms with Gasteiger partial charge in [0.2, 0.25) is 0 Å². The Kier molecular flexibility index (Phi) is 3.71. The minimum atomic E-state index is -1.41. The van der Waals surface area contributed by atoms with Crippen LogP contribution >= 0.6 is 0 Å². The topological polar surface area (TPSA) is 26.3 Å². The molecule has 2 atom stereocenters. The summed E-state index contributed by atoms with van der Waals surface area (Å²) in [6.07, 6.45) is -2.53. The Morgan fingerprint density at radius 1 is 1.18 bits per heavy atom. The first kappa shape index (κ1) is 12.0. The molecule has 1 fully saturated rings. The lowest BCUT2D eigenvalue weighted by atomic mass is 10.1. The van der Waals surface area contributed by atoms with Crippen molar-refractivity contribution in [2.24, 2.45) is 5.92 Å². The minimum absolute atomic E-state index is 0.0918. The molecular weight excluding hydrogens is 226 g/mol. The third-order valence-corrected chi connectivity index (χ3v) is 2.97. The van der Waals surface area contributed by atoms with Gasteiger partial charge in [-0.2, -0.15) is 0 Å². The Hall–Kier alpha value is -1.45. The summed E-state index contributed by atoms with van der Waals surface area (Å²) >= 11 is 0. The summed E-state index contributed by atoms with van der Waals surface area (Å²) in [6, 6.07) is 8.57. The Morgan fingerprint density at radius 3 is 2.35 bits per heavy atom. The van der Waals surface area contributed by atoms with E-state index in [4.69, 9.17) is 4.74 Å². The van der Waals surface area contributed by atoms with Crippen molar-refractivity contribution < 1.29 is 18.3 Å². The van der Waals surface area contributed by atoms with Crippen LogP contribution in [0.15, 0.2) is 30.3 Å². The summed E-state index contributed by atoms with van der Waals surface area (Å²) in [7, 11) is 0. The van der Waals surface area contributed by atoms with Crippen LogP contribution in [-0.2, 0) is 4.74 Å². The van der Waals surface area contributed by atoms with Crippen LogP contribution in [0.1, 0.15) is 23.2 Å². The number of carbonyl (C=O) groups is 1. The van der Waals surface area contributed by atoms with E-state index >= 15 is 0 Å². The fraction of sp³-hybridized carbons (Fsp3) is 0.462. The summed E-state index contributed by atoms with van der Waals surface area (Å²) in [4.78, 5) is 11.6. The van der Waals surface area contributed by atoms with Crippen LogP contribution < -0.4 is 0 Å². The SMILES string of the molecule is O=C(OCC1CC(F)C(F)C1)c1ccccc1. The number of esters is 1. The number of halogens is 2. The second-order valence-electron chi connectivity index (χ2n) is 4.33. The van der Waals surface area contributed by atoms with Gasteiger partial charge in [-0.05, 0) is 30.9 Å². The van der Waals surface area contributed by atoms with E-state index in [0.717, 1.165) is 0 Å². The Bertz CT molecular complexity index is 370. The predicted molar refractivity (Wildman–Crippen MR) is 59.2 cm³/mol. The molecule has 0 bridgehead atoms. The lowest BCUT2D eigenvalue weighted by Gasteiger charge is -2.09. The van der Waals surface area contributed by atoms with Crippen LogP contribution in [0.4, 0.5) is 8.78 Å². The summed E-state index contributed by atoms with van der Waals surface area (Å²) in [5, 5.41) is 0. The van der Waals surface area contributed by atoms with Crippen molar-refractivity contribution in [1.82, 2.24) is 0 Å². The van der Waals surface area contributed by atoms with Gasteiger partial charge in [-0.1, -0.05) is 18.2 Å². The van der Waals surface area contributed by atoms with Crippen LogP contribution in [0.25, 0.3) is 0 Å². The van der Waals surface area contributed by atoms with E-state index in [2.05, 4.69) is 0 Å². The van der Waals surface area contributed by atoms with Gasteiger partial charge in [-0.3, -0.25) is 0 Å². The van der Waals surface area contributed by atoms with Gasteiger partial charge >= 0.3 is 5.97 Å². The molecule has 1 aliphatic rings. The minimum Gasteiger partial charge on any atom is -0.462 e. The first-order valence-electron chi connectivity index (χ1n) is 5.67. The molecule has 2 rings (SSSR count). The number of ether oxygens (including phenoxy) is 1. The quantitative estimate of drug-likeness (QED) is 0.759. The van der Waals surface area contributed by atoms with Gasteiger partial charge in [-0.25, -0.2) is 13.6 Å². The van der Waals surface area contributed by atoms with E-state index in [1.807, 2.05) is 0 Å². The van der Waals surface area contributed by atoms with Crippen molar-refractivity contribution in [2.45, 2.75) is 25.2 Å². The van der Waals surface area contributed by atoms with Gasteiger partial charge in [0.05, 0.1) is 12.2 Å². The van der Waals surface area contributed by atoms with Crippen LogP contribution in [0.2, 0.25) is 0 Å². The predicted octanol–water partition coefficient (Wildman–Crippen LogP) is 2.93. The van der Waals surface area contributed by atoms with Gasteiger partial charge in [0.1, 0.15) is 12.3 Å². The standard InChI is InChI=1S/C13H14F2O2/c14-11-6-9(7-12(11)15)8-17-13(16)10-4-2-1-3-5-10/h1-5,9,11-12H,6-8H2. The number of rotatable bonds is 3. The molecule has 1 aliphatic carbocycles. The smallest absolute Gasteiger partial charge is 0.338 e. The molecule has 0 N–H and O–H groups in total. The molecule has 92 valence electrons. The summed E-state index contributed by atoms with van der Waals surface area (Å²) < 4.78 is 30.8. The highest BCUT2D eigenvalue weighted by molar-refractivity contribution is 5.89. The van der Waals surface area contributed by atoms with E-state index in [-0.39, 0.29) is 25.4 Å². The Balaban J connectivity index is 1.81. The highest BCUT2D eigenvalue weighted by atomic mass is 19.2. The molecule has 0 aromatic heterocycles. The fourth-order valence-corrected chi connectivity index (χ4v) is 2.02. The summed E-state index contributed by atoms with van der Waals surface area (Å²) in [5.41, 5.74) is 0.457. The Morgan fingerprint density at radius 2 is 1.76 bits per heavy atom. The molecule has 4 heteroatoms. The lowest BCUT2D eigenvalue weighted by molar-refractivity contribution is 0.0436. The van der Waals surface area contributed by atoms with Crippen LogP contribution in [0.5, 0.6) is 0 Å². The first-order valence-corrected chi connectivity index (χ1v) is 5.67. The highest BCUT2D eigenvalue weighted by Crippen LogP contribution is 2.30. The second-order valence-corrected chi connectivity index (χ2v) is 4.33. The molecule has 17 heavy (non-hydrogen) atoms. The third-order valence-electron chi connectivity index (χ3n) is 2.97. The number of benzene rings is 1. The monoisotopic (exact) mass is 240 g/mol. The van der Waals surface area contributed by atoms with E-state index in [0.29, 0.717) is 5.56 Å². The molecule has 2 unspecified atom stereocenters. The van der Waals surface area contributed by atoms with Crippen LogP contribution in [-0.4, -0.2) is 24.9 Å². The molecule has 0 heterocycles. The van der Waals surface area contributed by atoms with Crippen LogP contribution in [0, 0.1) is 5.92 Å². The highest BCUT2D eigenvalue weighted by Gasteiger charge is 2.35. The second kappa shape index (κ2) is 5.25. The maximum atomic E-state index is 12.9. The zero-order chi connectivity index (χ0) is 12.3. The van der Waals surface area contributed by atoms with Crippen molar-refractivity contribution >= 4 is 5.97 Å². The molecule has 0 saturated heterocycles. The molecule has 1 aromatic rings. The van der Waals surface area contributed by atoms with Crippen LogP contribution in [0.3, 0.4) is 0 Å². The van der Waals surface area contributed by atoms with Crippen molar-refractivity contribution in [3.63, 3.8) is 0 Å². The molecular formula is C13H14F2O2. The number of hydrogen-bond donors (Lipinski definition) is 0. The van der Waals surface area contributed by atoms with Crippen molar-refractivity contribution in [3.8, 4) is 0 Å². The maximum Gasteiger partial charge on any atom is 0.338 e. The summed E-state index contributed by atoms with van der Waals surface area (Å²) in [6.45, 7) is 0.0918. The molecule has 1 aromatic carbocycles. The summed E-state index contributed by atoms with van der Waals surface area (Å²) in [5.74, 6) is -0.643. The lowest BCUT2D eigenvalue weighted by Crippen LogP contribution is -2.12. The van der Waals surface area contributed by atoms with Crippen molar-refractivity contribution in [3.05, 3.63) is 35.9 Å². The fourth-order valence-electron chi connectivity index (χ4n) is 2.02. The molecule has 0 amide bonds. The van der Waals surface area contributed by atoms with E-state index in [1.54, 1.807) is 30.3 Å². The third kappa shape index (κ3) is 3.02. The van der Waals surface area contributed by atoms with Gasteiger partial charge < -0.3 is 4.74 Å². The van der Waals surface area contributed by atoms with E-state index in [9.17, 15) is 13.6 Å². The molecule has 0 spiro atoms.